The molecule has 0 spiro atoms. The van der Waals surface area contributed by atoms with Gasteiger partial charge >= 0.3 is 0 Å². The van der Waals surface area contributed by atoms with Crippen molar-refractivity contribution in [3.8, 4) is 0 Å². The predicted octanol–water partition coefficient (Wildman–Crippen LogP) is 3.84. The third-order valence-corrected chi connectivity index (χ3v) is 6.10. The normalized spacial score (nSPS) is 13.0. The first-order valence-corrected chi connectivity index (χ1v) is 10.9. The number of carbonyl (C=O) groups is 1. The summed E-state index contributed by atoms with van der Waals surface area (Å²) >= 11 is 3.27. The summed E-state index contributed by atoms with van der Waals surface area (Å²) in [5, 5.41) is 2.75. The quantitative estimate of drug-likeness (QED) is 0.575. The first kappa shape index (κ1) is 20.5. The Morgan fingerprint density at radius 2 is 1.82 bits per heavy atom. The summed E-state index contributed by atoms with van der Waals surface area (Å²) in [4.78, 5) is 17.1. The smallest absolute Gasteiger partial charge is 0.242 e. The van der Waals surface area contributed by atoms with E-state index in [1.54, 1.807) is 51.1 Å². The van der Waals surface area contributed by atoms with E-state index >= 15 is 0 Å². The van der Waals surface area contributed by atoms with E-state index in [0.717, 1.165) is 4.47 Å². The van der Waals surface area contributed by atoms with E-state index in [1.807, 2.05) is 0 Å². The lowest BCUT2D eigenvalue weighted by molar-refractivity contribution is -0.118. The molecule has 0 saturated carbocycles. The molecule has 3 rings (SSSR count). The fraction of sp³-hybridized carbons (Fsp3) is 0.263. The Bertz CT molecular complexity index is 1110. The van der Waals surface area contributed by atoms with Crippen LogP contribution in [0, 0.1) is 12.8 Å². The van der Waals surface area contributed by atoms with Crippen LogP contribution in [-0.4, -0.2) is 25.4 Å². The average Bonchev–Trinajstić information content (AvgIpc) is 2.99. The fourth-order valence-corrected chi connectivity index (χ4v) is 4.29. The summed E-state index contributed by atoms with van der Waals surface area (Å²) < 4.78 is 34.0. The molecular formula is C19H20BrN3O4S. The van der Waals surface area contributed by atoms with Crippen LogP contribution in [0.4, 0.5) is 5.69 Å². The number of halogens is 1. The van der Waals surface area contributed by atoms with Gasteiger partial charge in [0, 0.05) is 17.1 Å². The van der Waals surface area contributed by atoms with Crippen LogP contribution < -0.4 is 10.0 Å². The number of nitrogens with one attached hydrogen (secondary N) is 2. The average molecular weight is 466 g/mol. The number of sulfonamides is 1. The Morgan fingerprint density at radius 3 is 2.46 bits per heavy atom. The van der Waals surface area contributed by atoms with Gasteiger partial charge < -0.3 is 9.73 Å². The molecule has 1 aromatic heterocycles. The van der Waals surface area contributed by atoms with Gasteiger partial charge in [-0.2, -0.15) is 4.72 Å². The van der Waals surface area contributed by atoms with Gasteiger partial charge in [-0.05, 0) is 48.4 Å². The number of hydrogen-bond acceptors (Lipinski definition) is 5. The number of aryl methyl sites for hydroxylation is 1. The SMILES string of the molecule is Cc1nc2cc(NC(=O)[C@@H](NS(=O)(=O)c3ccc(Br)cc3)C(C)C)ccc2o1. The van der Waals surface area contributed by atoms with Crippen LogP contribution in [0.2, 0.25) is 0 Å². The summed E-state index contributed by atoms with van der Waals surface area (Å²) in [5.74, 6) is -0.181. The minimum Gasteiger partial charge on any atom is -0.441 e. The van der Waals surface area contributed by atoms with Crippen molar-refractivity contribution >= 4 is 48.6 Å². The Balaban J connectivity index is 1.80. The number of oxazole rings is 1. The Hall–Kier alpha value is -2.23. The number of rotatable bonds is 6. The van der Waals surface area contributed by atoms with Crippen molar-refractivity contribution < 1.29 is 17.6 Å². The van der Waals surface area contributed by atoms with Crippen molar-refractivity contribution in [3.63, 3.8) is 0 Å². The molecule has 9 heteroatoms. The first-order valence-electron chi connectivity index (χ1n) is 8.61. The summed E-state index contributed by atoms with van der Waals surface area (Å²) in [5.41, 5.74) is 1.75. The number of carbonyl (C=O) groups excluding carboxylic acids is 1. The van der Waals surface area contributed by atoms with Gasteiger partial charge in [-0.3, -0.25) is 4.79 Å². The van der Waals surface area contributed by atoms with E-state index in [-0.39, 0.29) is 10.8 Å². The lowest BCUT2D eigenvalue weighted by Gasteiger charge is -2.21. The Morgan fingerprint density at radius 1 is 1.14 bits per heavy atom. The van der Waals surface area contributed by atoms with Gasteiger partial charge in [0.2, 0.25) is 15.9 Å². The highest BCUT2D eigenvalue weighted by Gasteiger charge is 2.28. The van der Waals surface area contributed by atoms with E-state index in [0.29, 0.717) is 22.7 Å². The van der Waals surface area contributed by atoms with Crippen molar-refractivity contribution in [1.29, 1.82) is 0 Å². The van der Waals surface area contributed by atoms with Gasteiger partial charge in [-0.1, -0.05) is 29.8 Å². The standard InChI is InChI=1S/C19H20BrN3O4S/c1-11(2)18(23-28(25,26)15-7-4-13(20)5-8-15)19(24)22-14-6-9-17-16(10-14)21-12(3)27-17/h4-11,18,23H,1-3H3,(H,22,24)/t18-/m0/s1. The molecule has 0 aliphatic carbocycles. The molecule has 0 bridgehead atoms. The van der Waals surface area contributed by atoms with Crippen LogP contribution >= 0.6 is 15.9 Å². The van der Waals surface area contributed by atoms with Gasteiger partial charge in [-0.15, -0.1) is 0 Å². The first-order chi connectivity index (χ1) is 13.2. The maximum Gasteiger partial charge on any atom is 0.242 e. The van der Waals surface area contributed by atoms with Crippen LogP contribution in [0.25, 0.3) is 11.1 Å². The molecule has 0 saturated heterocycles. The van der Waals surface area contributed by atoms with Crippen molar-refractivity contribution in [1.82, 2.24) is 9.71 Å². The third kappa shape index (κ3) is 4.60. The maximum absolute atomic E-state index is 12.8. The zero-order valence-corrected chi connectivity index (χ0v) is 18.0. The molecule has 28 heavy (non-hydrogen) atoms. The molecule has 148 valence electrons. The van der Waals surface area contributed by atoms with Gasteiger partial charge in [0.1, 0.15) is 11.6 Å². The third-order valence-electron chi connectivity index (χ3n) is 4.12. The molecular weight excluding hydrogens is 446 g/mol. The van der Waals surface area contributed by atoms with Crippen LogP contribution in [0.15, 0.2) is 56.2 Å². The number of amides is 1. The van der Waals surface area contributed by atoms with E-state index < -0.39 is 22.0 Å². The monoisotopic (exact) mass is 465 g/mol. The summed E-state index contributed by atoms with van der Waals surface area (Å²) in [7, 11) is -3.85. The molecule has 1 amide bonds. The number of nitrogens with zero attached hydrogens (tertiary/aromatic N) is 1. The highest BCUT2D eigenvalue weighted by Crippen LogP contribution is 2.21. The Kier molecular flexibility index (Phi) is 5.87. The molecule has 0 fully saturated rings. The van der Waals surface area contributed by atoms with Crippen LogP contribution in [0.1, 0.15) is 19.7 Å². The van der Waals surface area contributed by atoms with Crippen molar-refractivity contribution in [2.45, 2.75) is 31.7 Å². The molecule has 7 nitrogen and oxygen atoms in total. The van der Waals surface area contributed by atoms with Gasteiger partial charge in [0.15, 0.2) is 11.5 Å². The number of fused-ring (bicyclic) bond motifs is 1. The second-order valence-corrected chi connectivity index (χ2v) is 9.33. The van der Waals surface area contributed by atoms with Gasteiger partial charge in [-0.25, -0.2) is 13.4 Å². The second kappa shape index (κ2) is 8.02. The molecule has 0 unspecified atom stereocenters. The molecule has 1 atom stereocenters. The van der Waals surface area contributed by atoms with Crippen LogP contribution in [0.3, 0.4) is 0 Å². The molecule has 2 aromatic carbocycles. The summed E-state index contributed by atoms with van der Waals surface area (Å²) in [6.07, 6.45) is 0. The minimum absolute atomic E-state index is 0.0913. The lowest BCUT2D eigenvalue weighted by Crippen LogP contribution is -2.47. The zero-order chi connectivity index (χ0) is 20.5. The highest BCUT2D eigenvalue weighted by atomic mass is 79.9. The highest BCUT2D eigenvalue weighted by molar-refractivity contribution is 9.10. The zero-order valence-electron chi connectivity index (χ0n) is 15.6. The summed E-state index contributed by atoms with van der Waals surface area (Å²) in [6, 6.07) is 10.4. The van der Waals surface area contributed by atoms with Gasteiger partial charge in [0.25, 0.3) is 0 Å². The van der Waals surface area contributed by atoms with Gasteiger partial charge in [0.05, 0.1) is 4.90 Å². The number of hydrogen-bond donors (Lipinski definition) is 2. The summed E-state index contributed by atoms with van der Waals surface area (Å²) in [6.45, 7) is 5.29. The topological polar surface area (TPSA) is 101 Å². The lowest BCUT2D eigenvalue weighted by atomic mass is 10.0. The molecule has 0 aliphatic heterocycles. The number of aromatic nitrogens is 1. The molecule has 3 aromatic rings. The largest absolute Gasteiger partial charge is 0.441 e. The van der Waals surface area contributed by atoms with Crippen molar-refractivity contribution in [2.75, 3.05) is 5.32 Å². The fourth-order valence-electron chi connectivity index (χ4n) is 2.68. The second-order valence-electron chi connectivity index (χ2n) is 6.70. The van der Waals surface area contributed by atoms with Crippen molar-refractivity contribution in [3.05, 3.63) is 52.8 Å². The van der Waals surface area contributed by atoms with E-state index in [4.69, 9.17) is 4.42 Å². The van der Waals surface area contributed by atoms with Crippen LogP contribution in [-0.2, 0) is 14.8 Å². The maximum atomic E-state index is 12.8. The molecule has 2 N–H and O–H groups in total. The number of anilines is 1. The predicted molar refractivity (Wildman–Crippen MR) is 110 cm³/mol. The van der Waals surface area contributed by atoms with E-state index in [2.05, 4.69) is 31.0 Å². The van der Waals surface area contributed by atoms with Crippen LogP contribution in [0.5, 0.6) is 0 Å². The van der Waals surface area contributed by atoms with Crippen molar-refractivity contribution in [2.24, 2.45) is 5.92 Å². The number of benzene rings is 2. The minimum atomic E-state index is -3.85. The van der Waals surface area contributed by atoms with E-state index in [9.17, 15) is 13.2 Å². The molecule has 0 aliphatic rings. The van der Waals surface area contributed by atoms with E-state index in [1.165, 1.54) is 12.1 Å². The Labute approximate surface area is 171 Å². The molecule has 0 radical (unpaired) electrons. The molecule has 1 heterocycles.